The summed E-state index contributed by atoms with van der Waals surface area (Å²) < 4.78 is 17.2. The first-order valence-corrected chi connectivity index (χ1v) is 5.60. The molecule has 0 aromatic rings. The van der Waals surface area contributed by atoms with E-state index in [4.69, 9.17) is 14.2 Å². The molecule has 2 rings (SSSR count). The van der Waals surface area contributed by atoms with E-state index in [-0.39, 0.29) is 22.4 Å². The van der Waals surface area contributed by atoms with Gasteiger partial charge in [-0.3, -0.25) is 0 Å². The molecular formula is C12H22O3. The molecule has 3 heteroatoms. The van der Waals surface area contributed by atoms with E-state index >= 15 is 0 Å². The molecule has 2 fully saturated rings. The van der Waals surface area contributed by atoms with Crippen LogP contribution in [0.1, 0.15) is 41.5 Å². The maximum Gasteiger partial charge on any atom is 0.117 e. The molecule has 15 heavy (non-hydrogen) atoms. The van der Waals surface area contributed by atoms with Crippen molar-refractivity contribution in [2.45, 2.75) is 63.9 Å². The first-order chi connectivity index (χ1) is 6.62. The number of epoxide rings is 2. The fourth-order valence-corrected chi connectivity index (χ4v) is 1.77. The van der Waals surface area contributed by atoms with Gasteiger partial charge in [-0.05, 0) is 41.5 Å². The number of hydrogen-bond acceptors (Lipinski definition) is 3. The largest absolute Gasteiger partial charge is 0.367 e. The predicted molar refractivity (Wildman–Crippen MR) is 58.0 cm³/mol. The maximum absolute atomic E-state index is 6.23. The predicted octanol–water partition coefficient (Wildman–Crippen LogP) is 2.14. The van der Waals surface area contributed by atoms with Crippen molar-refractivity contribution in [3.8, 4) is 0 Å². The van der Waals surface area contributed by atoms with Crippen LogP contribution in [-0.4, -0.2) is 35.6 Å². The summed E-state index contributed by atoms with van der Waals surface area (Å²) in [5, 5.41) is 0. The Bertz CT molecular complexity index is 245. The van der Waals surface area contributed by atoms with Gasteiger partial charge in [-0.1, -0.05) is 0 Å². The van der Waals surface area contributed by atoms with Crippen LogP contribution in [0.4, 0.5) is 0 Å². The molecule has 3 nitrogen and oxygen atoms in total. The van der Waals surface area contributed by atoms with Gasteiger partial charge in [-0.25, -0.2) is 0 Å². The molecular weight excluding hydrogens is 192 g/mol. The molecule has 2 unspecified atom stereocenters. The minimum atomic E-state index is -0.272. The van der Waals surface area contributed by atoms with Crippen LogP contribution in [-0.2, 0) is 14.2 Å². The van der Waals surface area contributed by atoms with E-state index in [1.165, 1.54) is 0 Å². The van der Waals surface area contributed by atoms with Crippen LogP contribution in [0.25, 0.3) is 0 Å². The zero-order valence-electron chi connectivity index (χ0n) is 10.6. The van der Waals surface area contributed by atoms with E-state index in [9.17, 15) is 0 Å². The number of ether oxygens (including phenoxy) is 3. The summed E-state index contributed by atoms with van der Waals surface area (Å²) in [6.45, 7) is 14.1. The second-order valence-corrected chi connectivity index (χ2v) is 6.16. The number of rotatable bonds is 4. The summed E-state index contributed by atoms with van der Waals surface area (Å²) in [5.41, 5.74) is -0.804. The monoisotopic (exact) mass is 214 g/mol. The summed E-state index contributed by atoms with van der Waals surface area (Å²) >= 11 is 0. The second-order valence-electron chi connectivity index (χ2n) is 6.16. The molecule has 0 amide bonds. The Kier molecular flexibility index (Phi) is 2.09. The summed E-state index contributed by atoms with van der Waals surface area (Å²) in [6.07, 6.45) is 0. The lowest BCUT2D eigenvalue weighted by Crippen LogP contribution is -2.52. The quantitative estimate of drug-likeness (QED) is 0.672. The zero-order chi connectivity index (χ0) is 11.5. The molecule has 0 N–H and O–H groups in total. The Hall–Kier alpha value is -0.120. The van der Waals surface area contributed by atoms with Crippen molar-refractivity contribution < 1.29 is 14.2 Å². The molecule has 2 heterocycles. The third-order valence-corrected chi connectivity index (χ3v) is 4.21. The Morgan fingerprint density at radius 3 is 1.33 bits per heavy atom. The Balaban J connectivity index is 2.07. The van der Waals surface area contributed by atoms with Crippen molar-refractivity contribution in [2.24, 2.45) is 0 Å². The van der Waals surface area contributed by atoms with Crippen LogP contribution in [0.15, 0.2) is 0 Å². The Morgan fingerprint density at radius 1 is 0.867 bits per heavy atom. The molecule has 2 atom stereocenters. The van der Waals surface area contributed by atoms with Crippen LogP contribution in [0.2, 0.25) is 0 Å². The van der Waals surface area contributed by atoms with E-state index in [2.05, 4.69) is 41.5 Å². The third-order valence-electron chi connectivity index (χ3n) is 4.21. The van der Waals surface area contributed by atoms with Gasteiger partial charge in [0, 0.05) is 0 Å². The molecule has 0 saturated carbocycles. The van der Waals surface area contributed by atoms with E-state index < -0.39 is 0 Å². The highest BCUT2D eigenvalue weighted by molar-refractivity contribution is 5.08. The van der Waals surface area contributed by atoms with Crippen molar-refractivity contribution >= 4 is 0 Å². The standard InChI is InChI=1S/C12H22O3/c1-9(2,11(5)7-13-11)15-10(3,4)12(6)8-14-12/h7-8H2,1-6H3. The fourth-order valence-electron chi connectivity index (χ4n) is 1.77. The van der Waals surface area contributed by atoms with Gasteiger partial charge >= 0.3 is 0 Å². The van der Waals surface area contributed by atoms with Gasteiger partial charge < -0.3 is 14.2 Å². The first-order valence-electron chi connectivity index (χ1n) is 5.60. The van der Waals surface area contributed by atoms with Crippen molar-refractivity contribution in [2.75, 3.05) is 13.2 Å². The smallest absolute Gasteiger partial charge is 0.117 e. The van der Waals surface area contributed by atoms with Crippen LogP contribution in [0, 0.1) is 0 Å². The summed E-state index contributed by atoms with van der Waals surface area (Å²) in [4.78, 5) is 0. The Labute approximate surface area is 92.1 Å². The molecule has 2 aliphatic rings. The first kappa shape index (κ1) is 11.4. The van der Waals surface area contributed by atoms with Gasteiger partial charge in [-0.15, -0.1) is 0 Å². The normalized spacial score (nSPS) is 40.4. The number of hydrogen-bond donors (Lipinski definition) is 0. The molecule has 2 saturated heterocycles. The third kappa shape index (κ3) is 1.71. The minimum absolute atomic E-state index is 0.129. The van der Waals surface area contributed by atoms with Crippen molar-refractivity contribution in [3.63, 3.8) is 0 Å². The molecule has 0 aromatic heterocycles. The topological polar surface area (TPSA) is 34.3 Å². The van der Waals surface area contributed by atoms with Gasteiger partial charge in [-0.2, -0.15) is 0 Å². The van der Waals surface area contributed by atoms with Crippen LogP contribution < -0.4 is 0 Å². The molecule has 88 valence electrons. The highest BCUT2D eigenvalue weighted by Gasteiger charge is 2.60. The van der Waals surface area contributed by atoms with Gasteiger partial charge in [0.05, 0.1) is 24.4 Å². The average Bonchev–Trinajstić information content (AvgIpc) is 2.88. The van der Waals surface area contributed by atoms with Crippen molar-refractivity contribution in [1.82, 2.24) is 0 Å². The molecule has 2 aliphatic heterocycles. The Morgan fingerprint density at radius 2 is 1.13 bits per heavy atom. The van der Waals surface area contributed by atoms with E-state index in [0.717, 1.165) is 13.2 Å². The van der Waals surface area contributed by atoms with Crippen molar-refractivity contribution in [3.05, 3.63) is 0 Å². The van der Waals surface area contributed by atoms with E-state index in [1.807, 2.05) is 0 Å². The van der Waals surface area contributed by atoms with Crippen LogP contribution in [0.3, 0.4) is 0 Å². The lowest BCUT2D eigenvalue weighted by atomic mass is 9.88. The van der Waals surface area contributed by atoms with Gasteiger partial charge in [0.15, 0.2) is 0 Å². The average molecular weight is 214 g/mol. The summed E-state index contributed by atoms with van der Waals surface area (Å²) in [5.74, 6) is 0. The lowest BCUT2D eigenvalue weighted by molar-refractivity contribution is -0.177. The zero-order valence-corrected chi connectivity index (χ0v) is 10.6. The summed E-state index contributed by atoms with van der Waals surface area (Å²) in [7, 11) is 0. The molecule has 0 aliphatic carbocycles. The van der Waals surface area contributed by atoms with Crippen LogP contribution >= 0.6 is 0 Å². The highest BCUT2D eigenvalue weighted by atomic mass is 16.7. The van der Waals surface area contributed by atoms with Crippen LogP contribution in [0.5, 0.6) is 0 Å². The fraction of sp³-hybridized carbons (Fsp3) is 1.00. The maximum atomic E-state index is 6.23. The molecule has 0 bridgehead atoms. The van der Waals surface area contributed by atoms with Crippen molar-refractivity contribution in [1.29, 1.82) is 0 Å². The minimum Gasteiger partial charge on any atom is -0.367 e. The van der Waals surface area contributed by atoms with E-state index in [0.29, 0.717) is 0 Å². The SMILES string of the molecule is CC(C)(OC(C)(C)C1(C)CO1)C1(C)CO1. The van der Waals surface area contributed by atoms with E-state index in [1.54, 1.807) is 0 Å². The van der Waals surface area contributed by atoms with Gasteiger partial charge in [0.25, 0.3) is 0 Å². The highest BCUT2D eigenvalue weighted by Crippen LogP contribution is 2.47. The second kappa shape index (κ2) is 2.76. The molecule has 0 radical (unpaired) electrons. The van der Waals surface area contributed by atoms with Gasteiger partial charge in [0.2, 0.25) is 0 Å². The summed E-state index contributed by atoms with van der Waals surface area (Å²) in [6, 6.07) is 0. The molecule has 0 spiro atoms. The lowest BCUT2D eigenvalue weighted by Gasteiger charge is -2.40. The van der Waals surface area contributed by atoms with Gasteiger partial charge in [0.1, 0.15) is 11.2 Å². The molecule has 0 aromatic carbocycles.